The van der Waals surface area contributed by atoms with Gasteiger partial charge in [0.25, 0.3) is 0 Å². The zero-order valence-corrected chi connectivity index (χ0v) is 81.4. The van der Waals surface area contributed by atoms with E-state index in [4.69, 9.17) is 45.4 Å². The van der Waals surface area contributed by atoms with E-state index in [-0.39, 0.29) is 65.0 Å². The van der Waals surface area contributed by atoms with E-state index >= 15 is 0 Å². The van der Waals surface area contributed by atoms with Crippen LogP contribution in [0.5, 0.6) is 0 Å². The van der Waals surface area contributed by atoms with Crippen molar-refractivity contribution in [1.29, 1.82) is 0 Å². The van der Waals surface area contributed by atoms with Crippen molar-refractivity contribution < 1.29 is 46.1 Å². The van der Waals surface area contributed by atoms with E-state index in [0.29, 0.717) is 0 Å². The molecule has 1 heterocycles. The first-order chi connectivity index (χ1) is 57.7. The van der Waals surface area contributed by atoms with Gasteiger partial charge in [0.15, 0.2) is 0 Å². The Morgan fingerprint density at radius 1 is 0.352 bits per heavy atom. The SMILES string of the molecule is Brc1ccccc1Br.C.C1=C(c2ccccc2C2=Cc3ccccc3C2)Cc2ccccc21.C1=CC2CC(c3ccccc3C3CC4C=CC=CC4C3)CC2C=C1.CC1(C)OB(C2=Cc3ccccc3C2)OC1(C)C.[B].[CH3-].[CH3-].[Cl][Pd][Cl].[Cl][Zr+2][Cl].c1ccc(P(c2ccccc2)c2ccccc2)cc1.c1ccc(P(c2ccccc2)c2ccccc2)cc1. The third kappa shape index (κ3) is 26.5. The van der Waals surface area contributed by atoms with Crippen molar-refractivity contribution in [3.8, 4) is 0 Å². The fraction of sp³-hybridized carbons (Fsp3) is 0.185. The minimum Gasteiger partial charge on any atom is -0.0622 e. The van der Waals surface area contributed by atoms with E-state index in [9.17, 15) is 0 Å². The molecule has 4 unspecified atom stereocenters. The third-order valence-corrected chi connectivity index (χ3v) is 30.1. The number of hydrogen-bond donors (Lipinski definition) is 0. The molecule has 0 spiro atoms. The predicted octanol–water partition coefficient (Wildman–Crippen LogP) is 29.3. The smallest absolute Gasteiger partial charge is 0.0134 e. The molecule has 3 fully saturated rings. The average Bonchev–Trinajstić information content (AvgIpc) is 1.60. The molecule has 12 aromatic rings. The first kappa shape index (κ1) is 99.2. The molecule has 0 aromatic heterocycles. The molecular formula is C108H107B2Br2Cl4O2P2PdZr. The largest absolute Gasteiger partial charge is 0.0622 e. The second kappa shape index (κ2) is 50.1. The van der Waals surface area contributed by atoms with Crippen LogP contribution in [-0.4, -0.2) is 26.7 Å². The van der Waals surface area contributed by atoms with Gasteiger partial charge in [-0.25, -0.2) is 0 Å². The van der Waals surface area contributed by atoms with Gasteiger partial charge < -0.3 is 24.2 Å². The zero-order chi connectivity index (χ0) is 82.1. The van der Waals surface area contributed by atoms with Crippen LogP contribution in [0.25, 0.3) is 29.4 Å². The van der Waals surface area contributed by atoms with Crippen molar-refractivity contribution >= 4 is 161 Å². The number of hydrogen-bond acceptors (Lipinski definition) is 2. The molecule has 2 nitrogen and oxygen atoms in total. The maximum absolute atomic E-state index is 6.09. The Balaban J connectivity index is 0.000000166. The van der Waals surface area contributed by atoms with E-state index in [1.807, 2.05) is 24.3 Å². The summed E-state index contributed by atoms with van der Waals surface area (Å²) in [6.07, 6.45) is 34.0. The quantitative estimate of drug-likeness (QED) is 0.0730. The summed E-state index contributed by atoms with van der Waals surface area (Å²) in [7, 11) is 18.4. The Hall–Kier alpha value is -6.60. The predicted molar refractivity (Wildman–Crippen MR) is 538 cm³/mol. The molecule has 3 radical (unpaired) electrons. The summed E-state index contributed by atoms with van der Waals surface area (Å²) in [5.41, 5.74) is 17.9. The molecule has 122 heavy (non-hydrogen) atoms. The Labute approximate surface area is 786 Å². The first-order valence-corrected chi connectivity index (χ1v) is 55.0. The molecule has 0 N–H and O–H groups in total. The van der Waals surface area contributed by atoms with Gasteiger partial charge in [0.2, 0.25) is 0 Å². The van der Waals surface area contributed by atoms with Crippen molar-refractivity contribution in [1.82, 2.24) is 0 Å². The summed E-state index contributed by atoms with van der Waals surface area (Å²) >= 11 is 5.77. The van der Waals surface area contributed by atoms with Gasteiger partial charge in [-0.2, -0.15) is 0 Å². The standard InChI is InChI=1S/C24H26.C24H18.2C18H15P.C15H19BO2.C6H4Br2.CH4.2CH3.B.4ClH.Pd.Zr/c2*1-2-8-18-14-21(13-17(18)7-1)23-11-5-6-12-24(23)22-15-19-9-3-4-10-20(19)16-22;2*1-4-10-16(11-5-1)19(17-12-6-2-7-13-17)18-14-8-3-9-15-18;1-14(2)15(3,4)18-16(17-14)13-9-11-7-5-6-8-12(11)10-13;7-5-3-1-2-4-6(5)8;;;;;;;;;;/h1-12,17-22H,13-16H2;1-13,15H,14,16H2;2*1-15H;5-9H,10H2,1-4H3;1-4H;1H4;2*1H3;;4*1H;;/q;;;;;;;2*-1;;;;;;+2;+4/p-4. The van der Waals surface area contributed by atoms with Gasteiger partial charge in [0.1, 0.15) is 0 Å². The molecule has 0 bridgehead atoms. The fourth-order valence-electron chi connectivity index (χ4n) is 16.9. The molecule has 8 aliphatic rings. The minimum absolute atomic E-state index is 0. The Morgan fingerprint density at radius 2 is 0.590 bits per heavy atom. The van der Waals surface area contributed by atoms with Crippen molar-refractivity contribution in [2.24, 2.45) is 23.7 Å². The number of halogens is 6. The van der Waals surface area contributed by atoms with Crippen LogP contribution in [0.4, 0.5) is 0 Å². The molecular weight excluding hydrogens is 1910 g/mol. The van der Waals surface area contributed by atoms with E-state index in [1.54, 1.807) is 11.1 Å². The summed E-state index contributed by atoms with van der Waals surface area (Å²) in [5.74, 6) is 4.57. The normalized spacial score (nSPS) is 18.3. The molecule has 12 aromatic carbocycles. The van der Waals surface area contributed by atoms with Crippen LogP contribution in [0.15, 0.2) is 391 Å². The molecule has 14 heteroatoms. The average molecular weight is 2020 g/mol. The molecule has 7 aliphatic carbocycles. The van der Waals surface area contributed by atoms with E-state index < -0.39 is 36.7 Å². The third-order valence-electron chi connectivity index (χ3n) is 23.3. The van der Waals surface area contributed by atoms with Crippen LogP contribution in [0.1, 0.15) is 128 Å². The van der Waals surface area contributed by atoms with Crippen LogP contribution in [0.2, 0.25) is 0 Å². The summed E-state index contributed by atoms with van der Waals surface area (Å²) in [4.78, 5) is 0. The van der Waals surface area contributed by atoms with E-state index in [2.05, 4.69) is 430 Å². The summed E-state index contributed by atoms with van der Waals surface area (Å²) in [6, 6.07) is 117. The van der Waals surface area contributed by atoms with Gasteiger partial charge in [0.05, 0.1) is 11.2 Å². The maximum atomic E-state index is 6.09. The van der Waals surface area contributed by atoms with Crippen LogP contribution < -0.4 is 31.8 Å². The van der Waals surface area contributed by atoms with Gasteiger partial charge in [-0.3, -0.25) is 0 Å². The van der Waals surface area contributed by atoms with Crippen LogP contribution >= 0.6 is 83.8 Å². The molecule has 623 valence electrons. The summed E-state index contributed by atoms with van der Waals surface area (Å²) in [6.45, 7) is 8.37. The number of benzene rings is 12. The van der Waals surface area contributed by atoms with Crippen molar-refractivity contribution in [2.75, 3.05) is 0 Å². The van der Waals surface area contributed by atoms with Crippen molar-refractivity contribution in [2.45, 2.75) is 103 Å². The van der Waals surface area contributed by atoms with Gasteiger partial charge >= 0.3 is 80.0 Å². The van der Waals surface area contributed by atoms with Crippen LogP contribution in [0.3, 0.4) is 0 Å². The number of fused-ring (bicyclic) bond motifs is 5. The van der Waals surface area contributed by atoms with Gasteiger partial charge in [-0.1, -0.05) is 390 Å². The molecule has 20 rings (SSSR count). The molecule has 1 saturated heterocycles. The molecule has 4 atom stereocenters. The zero-order valence-electron chi connectivity index (χ0n) is 69.4. The molecule has 2 saturated carbocycles. The number of allylic oxidation sites excluding steroid dienone is 11. The maximum Gasteiger partial charge on any atom is -0.0134 e. The van der Waals surface area contributed by atoms with Gasteiger partial charge in [0, 0.05) is 17.4 Å². The Kier molecular flexibility index (Phi) is 40.7. The monoisotopic (exact) mass is 2010 g/mol. The van der Waals surface area contributed by atoms with Crippen molar-refractivity contribution in [3.05, 3.63) is 461 Å². The summed E-state index contributed by atoms with van der Waals surface area (Å²) < 4.78 is 14.4. The fourth-order valence-corrected chi connectivity index (χ4v) is 22.1. The van der Waals surface area contributed by atoms with E-state index in [1.165, 1.54) is 119 Å². The second-order valence-corrected chi connectivity index (χ2v) is 43.4. The molecule has 0 amide bonds. The second-order valence-electron chi connectivity index (χ2n) is 31.2. The Morgan fingerprint density at radius 3 is 0.861 bits per heavy atom. The van der Waals surface area contributed by atoms with Gasteiger partial charge in [-0.15, -0.1) is 0 Å². The topological polar surface area (TPSA) is 18.5 Å². The van der Waals surface area contributed by atoms with Crippen molar-refractivity contribution in [3.63, 3.8) is 0 Å². The van der Waals surface area contributed by atoms with E-state index in [0.717, 1.165) is 63.7 Å². The number of rotatable bonds is 11. The first-order valence-electron chi connectivity index (χ1n) is 40.4. The molecule has 1 aliphatic heterocycles. The van der Waals surface area contributed by atoms with Crippen LogP contribution in [0, 0.1) is 38.5 Å². The minimum atomic E-state index is -0.826. The Bertz CT molecular complexity index is 4920. The summed E-state index contributed by atoms with van der Waals surface area (Å²) in [5, 5.41) is 8.39. The van der Waals surface area contributed by atoms with Crippen LogP contribution in [-0.2, 0) is 65.4 Å². The van der Waals surface area contributed by atoms with Gasteiger partial charge in [-0.05, 0) is 272 Å².